The van der Waals surface area contributed by atoms with Gasteiger partial charge in [-0.15, -0.1) is 0 Å². The molecule has 0 bridgehead atoms. The van der Waals surface area contributed by atoms with Crippen LogP contribution in [0.5, 0.6) is 0 Å². The second-order valence-corrected chi connectivity index (χ2v) is 5.10. The molecule has 0 saturated heterocycles. The third-order valence-corrected chi connectivity index (χ3v) is 3.48. The van der Waals surface area contributed by atoms with E-state index in [-0.39, 0.29) is 16.8 Å². The molecule has 0 heterocycles. The minimum Gasteiger partial charge on any atom is -0.326 e. The molecule has 0 fully saturated rings. The van der Waals surface area contributed by atoms with Crippen LogP contribution in [-0.4, -0.2) is 11.8 Å². The Kier molecular flexibility index (Phi) is 4.83. The summed E-state index contributed by atoms with van der Waals surface area (Å²) in [6.45, 7) is 1.43. The van der Waals surface area contributed by atoms with Crippen LogP contribution in [0.25, 0.3) is 0 Å². The number of carbonyl (C=O) groups is 2. The number of anilines is 2. The molecule has 2 aromatic rings. The number of benzene rings is 2. The number of hydrogen-bond acceptors (Lipinski definition) is 2. The van der Waals surface area contributed by atoms with Gasteiger partial charge in [0.05, 0.1) is 15.6 Å². The summed E-state index contributed by atoms with van der Waals surface area (Å²) in [5.74, 6) is -0.507. The van der Waals surface area contributed by atoms with Gasteiger partial charge in [-0.05, 0) is 36.4 Å². The first-order chi connectivity index (χ1) is 9.97. The van der Waals surface area contributed by atoms with Crippen molar-refractivity contribution in [2.24, 2.45) is 0 Å². The molecular formula is C15H12Cl2N2O2. The topological polar surface area (TPSA) is 58.2 Å². The largest absolute Gasteiger partial charge is 0.326 e. The molecule has 0 aliphatic carbocycles. The van der Waals surface area contributed by atoms with Gasteiger partial charge in [-0.25, -0.2) is 0 Å². The molecule has 0 unspecified atom stereocenters. The summed E-state index contributed by atoms with van der Waals surface area (Å²) in [5.41, 5.74) is 1.54. The van der Waals surface area contributed by atoms with E-state index in [0.717, 1.165) is 0 Å². The fourth-order valence-corrected chi connectivity index (χ4v) is 2.10. The molecule has 2 aromatic carbocycles. The minimum atomic E-state index is -0.352. The van der Waals surface area contributed by atoms with Crippen LogP contribution in [0.3, 0.4) is 0 Å². The van der Waals surface area contributed by atoms with Gasteiger partial charge in [-0.2, -0.15) is 0 Å². The van der Waals surface area contributed by atoms with Crippen molar-refractivity contribution in [3.63, 3.8) is 0 Å². The summed E-state index contributed by atoms with van der Waals surface area (Å²) in [6, 6.07) is 11.6. The van der Waals surface area contributed by atoms with Crippen LogP contribution in [0.1, 0.15) is 17.3 Å². The number of nitrogens with one attached hydrogen (secondary N) is 2. The van der Waals surface area contributed by atoms with Gasteiger partial charge in [-0.3, -0.25) is 9.59 Å². The number of carbonyl (C=O) groups excluding carboxylic acids is 2. The monoisotopic (exact) mass is 322 g/mol. The van der Waals surface area contributed by atoms with Crippen molar-refractivity contribution in [3.05, 3.63) is 58.1 Å². The summed E-state index contributed by atoms with van der Waals surface area (Å²) < 4.78 is 0. The fraction of sp³-hybridized carbons (Fsp3) is 0.0667. The average Bonchev–Trinajstić information content (AvgIpc) is 2.43. The first-order valence-corrected chi connectivity index (χ1v) is 6.86. The van der Waals surface area contributed by atoms with Gasteiger partial charge in [0.15, 0.2) is 0 Å². The van der Waals surface area contributed by atoms with Crippen LogP contribution in [-0.2, 0) is 4.79 Å². The summed E-state index contributed by atoms with van der Waals surface area (Å²) in [4.78, 5) is 23.0. The predicted octanol–water partition coefficient (Wildman–Crippen LogP) is 4.20. The molecule has 0 spiro atoms. The van der Waals surface area contributed by atoms with Gasteiger partial charge in [0.25, 0.3) is 5.91 Å². The highest BCUT2D eigenvalue weighted by atomic mass is 35.5. The zero-order chi connectivity index (χ0) is 15.4. The number of hydrogen-bond donors (Lipinski definition) is 2. The van der Waals surface area contributed by atoms with Crippen LogP contribution in [0, 0.1) is 0 Å². The van der Waals surface area contributed by atoms with Crippen molar-refractivity contribution in [1.29, 1.82) is 0 Å². The highest BCUT2D eigenvalue weighted by molar-refractivity contribution is 6.44. The second-order valence-electron chi connectivity index (χ2n) is 4.31. The van der Waals surface area contributed by atoms with Gasteiger partial charge in [0.1, 0.15) is 0 Å². The Labute approximate surface area is 132 Å². The van der Waals surface area contributed by atoms with Crippen LogP contribution >= 0.6 is 23.2 Å². The van der Waals surface area contributed by atoms with Crippen molar-refractivity contribution in [1.82, 2.24) is 0 Å². The fourth-order valence-electron chi connectivity index (χ4n) is 1.72. The molecule has 21 heavy (non-hydrogen) atoms. The maximum atomic E-state index is 12.1. The molecule has 2 N–H and O–H groups in total. The highest BCUT2D eigenvalue weighted by Gasteiger charge is 2.12. The van der Waals surface area contributed by atoms with Crippen molar-refractivity contribution in [3.8, 4) is 0 Å². The molecule has 0 aliphatic heterocycles. The Balaban J connectivity index is 2.12. The lowest BCUT2D eigenvalue weighted by Crippen LogP contribution is -2.12. The molecule has 0 aliphatic rings. The average molecular weight is 323 g/mol. The Bertz CT molecular complexity index is 685. The van der Waals surface area contributed by atoms with E-state index in [1.807, 2.05) is 0 Å². The summed E-state index contributed by atoms with van der Waals surface area (Å²) in [6.07, 6.45) is 0. The Morgan fingerprint density at radius 3 is 2.05 bits per heavy atom. The molecule has 108 valence electrons. The third-order valence-electron chi connectivity index (χ3n) is 2.66. The van der Waals surface area contributed by atoms with Crippen LogP contribution < -0.4 is 10.6 Å². The molecule has 2 rings (SSSR count). The number of halogens is 2. The molecule has 0 aromatic heterocycles. The van der Waals surface area contributed by atoms with Crippen molar-refractivity contribution in [2.75, 3.05) is 10.6 Å². The lowest BCUT2D eigenvalue weighted by Gasteiger charge is -2.08. The summed E-state index contributed by atoms with van der Waals surface area (Å²) >= 11 is 11.9. The van der Waals surface area contributed by atoms with E-state index in [9.17, 15) is 9.59 Å². The summed E-state index contributed by atoms with van der Waals surface area (Å²) in [7, 11) is 0. The van der Waals surface area contributed by atoms with E-state index >= 15 is 0 Å². The van der Waals surface area contributed by atoms with Crippen LogP contribution in [0.2, 0.25) is 10.0 Å². The first kappa shape index (κ1) is 15.4. The van der Waals surface area contributed by atoms with Crippen LogP contribution in [0.4, 0.5) is 11.4 Å². The SMILES string of the molecule is CC(=O)Nc1ccc(NC(=O)c2cccc(Cl)c2Cl)cc1. The van der Waals surface area contributed by atoms with Gasteiger partial charge >= 0.3 is 0 Å². The second kappa shape index (κ2) is 6.61. The van der Waals surface area contributed by atoms with Crippen molar-refractivity contribution in [2.45, 2.75) is 6.92 Å². The maximum Gasteiger partial charge on any atom is 0.257 e. The van der Waals surface area contributed by atoms with E-state index < -0.39 is 0 Å². The van der Waals surface area contributed by atoms with Gasteiger partial charge in [0.2, 0.25) is 5.91 Å². The lowest BCUT2D eigenvalue weighted by molar-refractivity contribution is -0.114. The molecule has 0 atom stereocenters. The highest BCUT2D eigenvalue weighted by Crippen LogP contribution is 2.26. The van der Waals surface area contributed by atoms with Crippen molar-refractivity contribution < 1.29 is 9.59 Å². The van der Waals surface area contributed by atoms with Crippen molar-refractivity contribution >= 4 is 46.4 Å². The lowest BCUT2D eigenvalue weighted by atomic mass is 10.2. The molecule has 0 saturated carbocycles. The summed E-state index contributed by atoms with van der Waals surface area (Å²) in [5, 5.41) is 5.89. The Morgan fingerprint density at radius 1 is 0.905 bits per heavy atom. The van der Waals surface area contributed by atoms with Gasteiger partial charge in [0, 0.05) is 18.3 Å². The molecule has 0 radical (unpaired) electrons. The smallest absolute Gasteiger partial charge is 0.257 e. The molecular weight excluding hydrogens is 311 g/mol. The normalized spacial score (nSPS) is 10.0. The van der Waals surface area contributed by atoms with Gasteiger partial charge in [-0.1, -0.05) is 29.3 Å². The van der Waals surface area contributed by atoms with Crippen LogP contribution in [0.15, 0.2) is 42.5 Å². The first-order valence-electron chi connectivity index (χ1n) is 6.10. The molecule has 2 amide bonds. The maximum absolute atomic E-state index is 12.1. The zero-order valence-electron chi connectivity index (χ0n) is 11.1. The molecule has 4 nitrogen and oxygen atoms in total. The Morgan fingerprint density at radius 2 is 1.48 bits per heavy atom. The van der Waals surface area contributed by atoms with E-state index in [2.05, 4.69) is 10.6 Å². The van der Waals surface area contributed by atoms with E-state index in [4.69, 9.17) is 23.2 Å². The van der Waals surface area contributed by atoms with Gasteiger partial charge < -0.3 is 10.6 Å². The quantitative estimate of drug-likeness (QED) is 0.889. The number of rotatable bonds is 3. The Hall–Kier alpha value is -2.04. The van der Waals surface area contributed by atoms with E-state index in [1.54, 1.807) is 42.5 Å². The zero-order valence-corrected chi connectivity index (χ0v) is 12.6. The minimum absolute atomic E-state index is 0.155. The van der Waals surface area contributed by atoms with E-state index in [1.165, 1.54) is 6.92 Å². The standard InChI is InChI=1S/C15H12Cl2N2O2/c1-9(20)18-10-5-7-11(8-6-10)19-15(21)12-3-2-4-13(16)14(12)17/h2-8H,1H3,(H,18,20)(H,19,21). The third kappa shape index (κ3) is 3.97. The van der Waals surface area contributed by atoms with E-state index in [0.29, 0.717) is 22.0 Å². The number of amides is 2. The molecule has 6 heteroatoms. The predicted molar refractivity (Wildman–Crippen MR) is 85.2 cm³/mol.